The molecule has 2 fully saturated rings. The van der Waals surface area contributed by atoms with E-state index in [0.717, 1.165) is 34.4 Å². The van der Waals surface area contributed by atoms with Gasteiger partial charge in [0.25, 0.3) is 5.91 Å². The Kier molecular flexibility index (Phi) is 5.20. The lowest BCUT2D eigenvalue weighted by molar-refractivity contribution is -0.141. The van der Waals surface area contributed by atoms with Crippen molar-refractivity contribution >= 4 is 29.4 Å². The molecule has 3 aliphatic rings. The molecule has 0 aromatic heterocycles. The summed E-state index contributed by atoms with van der Waals surface area (Å²) in [7, 11) is 0. The number of nitrogens with zero attached hydrogens (tertiary/aromatic N) is 2. The van der Waals surface area contributed by atoms with Crippen molar-refractivity contribution < 1.29 is 14.4 Å². The number of carbonyl (C=O) groups excluding carboxylic acids is 3. The summed E-state index contributed by atoms with van der Waals surface area (Å²) in [6, 6.07) is 14.8. The topological polar surface area (TPSA) is 69.7 Å². The molecule has 0 radical (unpaired) electrons. The number of benzene rings is 2. The molecule has 6 nitrogen and oxygen atoms in total. The van der Waals surface area contributed by atoms with Crippen LogP contribution in [0.2, 0.25) is 5.02 Å². The van der Waals surface area contributed by atoms with Gasteiger partial charge in [-0.3, -0.25) is 14.5 Å². The molecule has 1 spiro atoms. The van der Waals surface area contributed by atoms with E-state index < -0.39 is 11.6 Å². The standard InChI is InChI=1S/C25H26ClN3O3/c1-16(18-10-11-18)28(14-17-6-3-2-4-7-17)22(30)15-29-23(31)25(27-24(29)32)13-12-19-20(25)8-5-9-21(19)26/h2-9,16,18H,10-15H2,1H3,(H,27,32). The quantitative estimate of drug-likeness (QED) is 0.678. The van der Waals surface area contributed by atoms with E-state index in [1.165, 1.54) is 0 Å². The number of nitrogens with one attached hydrogen (secondary N) is 1. The number of rotatable bonds is 6. The lowest BCUT2D eigenvalue weighted by Crippen LogP contribution is -2.47. The summed E-state index contributed by atoms with van der Waals surface area (Å²) >= 11 is 6.33. The third-order valence-electron chi connectivity index (χ3n) is 7.11. The smallest absolute Gasteiger partial charge is 0.325 e. The van der Waals surface area contributed by atoms with E-state index in [2.05, 4.69) is 12.2 Å². The molecule has 2 atom stereocenters. The lowest BCUT2D eigenvalue weighted by atomic mass is 9.92. The van der Waals surface area contributed by atoms with Gasteiger partial charge >= 0.3 is 6.03 Å². The van der Waals surface area contributed by atoms with Gasteiger partial charge in [0.1, 0.15) is 12.1 Å². The van der Waals surface area contributed by atoms with Crippen LogP contribution < -0.4 is 5.32 Å². The number of urea groups is 1. The van der Waals surface area contributed by atoms with Crippen molar-refractivity contribution in [3.05, 3.63) is 70.2 Å². The number of fused-ring (bicyclic) bond motifs is 2. The first-order chi connectivity index (χ1) is 15.4. The average Bonchev–Trinajstić information content (AvgIpc) is 3.53. The molecular formula is C25H26ClN3O3. The van der Waals surface area contributed by atoms with Crippen LogP contribution in [0.5, 0.6) is 0 Å². The summed E-state index contributed by atoms with van der Waals surface area (Å²) in [5, 5.41) is 3.48. The number of halogens is 1. The van der Waals surface area contributed by atoms with Gasteiger partial charge in [-0.2, -0.15) is 0 Å². The zero-order chi connectivity index (χ0) is 22.5. The first kappa shape index (κ1) is 21.0. The zero-order valence-corrected chi connectivity index (χ0v) is 18.8. The molecule has 1 saturated carbocycles. The second-order valence-electron chi connectivity index (χ2n) is 9.08. The van der Waals surface area contributed by atoms with Gasteiger partial charge in [0.2, 0.25) is 5.91 Å². The van der Waals surface area contributed by atoms with E-state index in [0.29, 0.717) is 30.3 Å². The van der Waals surface area contributed by atoms with Gasteiger partial charge in [0, 0.05) is 17.6 Å². The van der Waals surface area contributed by atoms with E-state index in [-0.39, 0.29) is 24.4 Å². The largest absolute Gasteiger partial charge is 0.334 e. The predicted molar refractivity (Wildman–Crippen MR) is 121 cm³/mol. The van der Waals surface area contributed by atoms with Crippen LogP contribution in [0.1, 0.15) is 42.9 Å². The van der Waals surface area contributed by atoms with Crippen molar-refractivity contribution in [3.8, 4) is 0 Å². The number of hydrogen-bond donors (Lipinski definition) is 1. The Labute approximate surface area is 192 Å². The Balaban J connectivity index is 1.38. The maximum absolute atomic E-state index is 13.5. The van der Waals surface area contributed by atoms with Crippen molar-refractivity contribution in [3.63, 3.8) is 0 Å². The summed E-state index contributed by atoms with van der Waals surface area (Å²) < 4.78 is 0. The highest BCUT2D eigenvalue weighted by atomic mass is 35.5. The van der Waals surface area contributed by atoms with Crippen molar-refractivity contribution in [2.45, 2.75) is 50.7 Å². The fourth-order valence-corrected chi connectivity index (χ4v) is 5.35. The highest BCUT2D eigenvalue weighted by molar-refractivity contribution is 6.31. The van der Waals surface area contributed by atoms with Gasteiger partial charge in [-0.05, 0) is 61.3 Å². The lowest BCUT2D eigenvalue weighted by Gasteiger charge is -2.31. The number of hydrogen-bond acceptors (Lipinski definition) is 3. The Morgan fingerprint density at radius 2 is 1.94 bits per heavy atom. The summed E-state index contributed by atoms with van der Waals surface area (Å²) in [6.45, 7) is 2.26. The number of amides is 4. The Morgan fingerprint density at radius 3 is 2.66 bits per heavy atom. The molecule has 1 aliphatic heterocycles. The van der Waals surface area contributed by atoms with Crippen LogP contribution in [0.4, 0.5) is 4.79 Å². The molecule has 1 heterocycles. The maximum atomic E-state index is 13.5. The minimum absolute atomic E-state index is 0.0587. The monoisotopic (exact) mass is 451 g/mol. The second kappa shape index (κ2) is 7.93. The van der Waals surface area contributed by atoms with Crippen LogP contribution in [0.15, 0.2) is 48.5 Å². The second-order valence-corrected chi connectivity index (χ2v) is 9.49. The van der Waals surface area contributed by atoms with Crippen LogP contribution in [0, 0.1) is 5.92 Å². The molecular weight excluding hydrogens is 426 g/mol. The summed E-state index contributed by atoms with van der Waals surface area (Å²) in [5.74, 6) is -0.102. The molecule has 2 aromatic carbocycles. The van der Waals surface area contributed by atoms with Crippen molar-refractivity contribution in [1.29, 1.82) is 0 Å². The van der Waals surface area contributed by atoms with Gasteiger partial charge < -0.3 is 10.2 Å². The SMILES string of the molecule is CC(C1CC1)N(Cc1ccccc1)C(=O)CN1C(=O)NC2(CCc3c(Cl)cccc32)C1=O. The van der Waals surface area contributed by atoms with Crippen molar-refractivity contribution in [2.75, 3.05) is 6.54 Å². The van der Waals surface area contributed by atoms with Crippen LogP contribution in [0.25, 0.3) is 0 Å². The summed E-state index contributed by atoms with van der Waals surface area (Å²) in [5.41, 5.74) is 1.54. The fourth-order valence-electron chi connectivity index (χ4n) is 5.08. The predicted octanol–water partition coefficient (Wildman–Crippen LogP) is 3.86. The van der Waals surface area contributed by atoms with E-state index in [1.54, 1.807) is 12.1 Å². The highest BCUT2D eigenvalue weighted by Crippen LogP contribution is 2.44. The molecule has 7 heteroatoms. The summed E-state index contributed by atoms with van der Waals surface area (Å²) in [6.07, 6.45) is 3.27. The fraction of sp³-hybridized carbons (Fsp3) is 0.400. The molecule has 5 rings (SSSR count). The molecule has 32 heavy (non-hydrogen) atoms. The zero-order valence-electron chi connectivity index (χ0n) is 18.0. The number of carbonyl (C=O) groups is 3. The Bertz CT molecular complexity index is 1090. The van der Waals surface area contributed by atoms with Gasteiger partial charge in [-0.1, -0.05) is 54.1 Å². The van der Waals surface area contributed by atoms with Gasteiger partial charge in [0.15, 0.2) is 0 Å². The normalized spacial score (nSPS) is 22.8. The third-order valence-corrected chi connectivity index (χ3v) is 7.46. The third kappa shape index (κ3) is 3.47. The van der Waals surface area contributed by atoms with Gasteiger partial charge in [-0.15, -0.1) is 0 Å². The van der Waals surface area contributed by atoms with Crippen molar-refractivity contribution in [2.24, 2.45) is 5.92 Å². The van der Waals surface area contributed by atoms with Crippen LogP contribution in [-0.4, -0.2) is 40.2 Å². The van der Waals surface area contributed by atoms with E-state index in [4.69, 9.17) is 11.6 Å². The molecule has 2 unspecified atom stereocenters. The maximum Gasteiger partial charge on any atom is 0.325 e. The highest BCUT2D eigenvalue weighted by Gasteiger charge is 2.56. The minimum Gasteiger partial charge on any atom is -0.334 e. The van der Waals surface area contributed by atoms with Crippen LogP contribution >= 0.6 is 11.6 Å². The van der Waals surface area contributed by atoms with Gasteiger partial charge in [-0.25, -0.2) is 4.79 Å². The average molecular weight is 452 g/mol. The Hall–Kier alpha value is -2.86. The van der Waals surface area contributed by atoms with E-state index in [9.17, 15) is 14.4 Å². The molecule has 1 saturated heterocycles. The summed E-state index contributed by atoms with van der Waals surface area (Å²) in [4.78, 5) is 42.6. The van der Waals surface area contributed by atoms with Gasteiger partial charge in [0.05, 0.1) is 0 Å². The molecule has 2 aliphatic carbocycles. The molecule has 166 valence electrons. The molecule has 1 N–H and O–H groups in total. The van der Waals surface area contributed by atoms with Crippen molar-refractivity contribution in [1.82, 2.24) is 15.1 Å². The first-order valence-electron chi connectivity index (χ1n) is 11.2. The van der Waals surface area contributed by atoms with E-state index in [1.807, 2.05) is 41.3 Å². The van der Waals surface area contributed by atoms with E-state index >= 15 is 0 Å². The molecule has 4 amide bonds. The first-order valence-corrected chi connectivity index (χ1v) is 11.5. The minimum atomic E-state index is -1.12. The van der Waals surface area contributed by atoms with Crippen LogP contribution in [-0.2, 0) is 28.1 Å². The molecule has 2 aromatic rings. The number of imide groups is 1. The van der Waals surface area contributed by atoms with Crippen LogP contribution in [0.3, 0.4) is 0 Å². The molecule has 0 bridgehead atoms. The Morgan fingerprint density at radius 1 is 1.19 bits per heavy atom.